The summed E-state index contributed by atoms with van der Waals surface area (Å²) < 4.78 is 16.2. The average Bonchev–Trinajstić information content (AvgIpc) is 3.41. The topological polar surface area (TPSA) is 85.3 Å². The largest absolute Gasteiger partial charge is 0.507 e. The lowest BCUT2D eigenvalue weighted by atomic mass is 9.95. The Labute approximate surface area is 180 Å². The zero-order valence-corrected chi connectivity index (χ0v) is 17.5. The molecule has 4 rings (SSSR count). The number of methoxy groups -OCH3 is 2. The van der Waals surface area contributed by atoms with Crippen LogP contribution in [0.25, 0.3) is 5.76 Å². The van der Waals surface area contributed by atoms with Crippen molar-refractivity contribution >= 4 is 17.4 Å². The Bertz CT molecular complexity index is 1010. The minimum absolute atomic E-state index is 0.0569. The number of rotatable bonds is 6. The summed E-state index contributed by atoms with van der Waals surface area (Å²) in [5.74, 6) is -0.342. The smallest absolute Gasteiger partial charge is 0.295 e. The van der Waals surface area contributed by atoms with E-state index < -0.39 is 17.7 Å². The van der Waals surface area contributed by atoms with Gasteiger partial charge in [-0.3, -0.25) is 9.59 Å². The fourth-order valence-electron chi connectivity index (χ4n) is 4.14. The first kappa shape index (κ1) is 20.9. The quantitative estimate of drug-likeness (QED) is 0.436. The summed E-state index contributed by atoms with van der Waals surface area (Å²) in [6, 6.07) is 13.2. The maximum Gasteiger partial charge on any atom is 0.295 e. The number of nitrogens with zero attached hydrogens (tertiary/aromatic N) is 1. The Morgan fingerprint density at radius 1 is 1.10 bits per heavy atom. The van der Waals surface area contributed by atoms with Crippen LogP contribution in [-0.4, -0.2) is 55.2 Å². The molecular weight excluding hydrogens is 398 g/mol. The van der Waals surface area contributed by atoms with Gasteiger partial charge in [-0.1, -0.05) is 12.1 Å². The molecule has 2 aromatic carbocycles. The predicted molar refractivity (Wildman–Crippen MR) is 114 cm³/mol. The number of aliphatic hydroxyl groups excluding tert-OH is 1. The molecule has 1 N–H and O–H groups in total. The molecule has 2 atom stereocenters. The molecule has 0 aromatic heterocycles. The number of hydrogen-bond donors (Lipinski definition) is 1. The van der Waals surface area contributed by atoms with Gasteiger partial charge in [0.1, 0.15) is 17.3 Å². The monoisotopic (exact) mass is 423 g/mol. The second-order valence-corrected chi connectivity index (χ2v) is 7.59. The number of ether oxygens (including phenoxy) is 3. The third kappa shape index (κ3) is 4.01. The van der Waals surface area contributed by atoms with Crippen LogP contribution < -0.4 is 9.47 Å². The number of aliphatic hydroxyl groups is 1. The first-order valence-electron chi connectivity index (χ1n) is 10.2. The third-order valence-corrected chi connectivity index (χ3v) is 5.74. The van der Waals surface area contributed by atoms with Crippen LogP contribution in [0.5, 0.6) is 11.5 Å². The maximum absolute atomic E-state index is 13.1. The highest BCUT2D eigenvalue weighted by molar-refractivity contribution is 6.46. The molecule has 2 heterocycles. The van der Waals surface area contributed by atoms with E-state index in [1.165, 1.54) is 4.90 Å². The van der Waals surface area contributed by atoms with E-state index in [4.69, 9.17) is 14.2 Å². The fourth-order valence-corrected chi connectivity index (χ4v) is 4.14. The molecule has 0 unspecified atom stereocenters. The fraction of sp³-hybridized carbons (Fsp3) is 0.333. The molecule has 2 aliphatic heterocycles. The first-order chi connectivity index (χ1) is 15.0. The minimum atomic E-state index is -0.735. The Balaban J connectivity index is 1.81. The Kier molecular flexibility index (Phi) is 5.95. The van der Waals surface area contributed by atoms with Crippen LogP contribution >= 0.6 is 0 Å². The molecule has 0 bridgehead atoms. The Morgan fingerprint density at radius 2 is 1.84 bits per heavy atom. The summed E-state index contributed by atoms with van der Waals surface area (Å²) in [5, 5.41) is 11.1. The molecule has 7 heteroatoms. The van der Waals surface area contributed by atoms with E-state index in [1.807, 2.05) is 6.07 Å². The number of ketones is 1. The van der Waals surface area contributed by atoms with Crippen molar-refractivity contribution in [1.29, 1.82) is 0 Å². The number of likely N-dealkylation sites (tertiary alicyclic amines) is 1. The van der Waals surface area contributed by atoms with Crippen LogP contribution in [0.4, 0.5) is 0 Å². The van der Waals surface area contributed by atoms with Crippen molar-refractivity contribution < 1.29 is 28.9 Å². The van der Waals surface area contributed by atoms with Gasteiger partial charge in [-0.05, 0) is 54.8 Å². The third-order valence-electron chi connectivity index (χ3n) is 5.74. The summed E-state index contributed by atoms with van der Waals surface area (Å²) in [7, 11) is 3.11. The Hall–Kier alpha value is -3.32. The van der Waals surface area contributed by atoms with E-state index in [-0.39, 0.29) is 24.0 Å². The number of benzene rings is 2. The van der Waals surface area contributed by atoms with Gasteiger partial charge in [-0.15, -0.1) is 0 Å². The van der Waals surface area contributed by atoms with Crippen molar-refractivity contribution in [2.45, 2.75) is 25.0 Å². The van der Waals surface area contributed by atoms with E-state index in [2.05, 4.69) is 0 Å². The lowest BCUT2D eigenvalue weighted by Crippen LogP contribution is -2.36. The zero-order valence-electron chi connectivity index (χ0n) is 17.5. The number of carbonyl (C=O) groups excluding carboxylic acids is 2. The molecule has 162 valence electrons. The van der Waals surface area contributed by atoms with Crippen molar-refractivity contribution in [3.63, 3.8) is 0 Å². The van der Waals surface area contributed by atoms with Crippen molar-refractivity contribution in [3.05, 3.63) is 65.2 Å². The van der Waals surface area contributed by atoms with Crippen molar-refractivity contribution in [3.8, 4) is 11.5 Å². The van der Waals surface area contributed by atoms with Crippen LogP contribution in [0, 0.1) is 0 Å². The van der Waals surface area contributed by atoms with Crippen molar-refractivity contribution in [2.24, 2.45) is 0 Å². The van der Waals surface area contributed by atoms with Gasteiger partial charge in [0.25, 0.3) is 11.7 Å². The van der Waals surface area contributed by atoms with Gasteiger partial charge in [0.2, 0.25) is 0 Å². The van der Waals surface area contributed by atoms with Gasteiger partial charge in [-0.2, -0.15) is 0 Å². The highest BCUT2D eigenvalue weighted by Gasteiger charge is 2.47. The van der Waals surface area contributed by atoms with Gasteiger partial charge < -0.3 is 24.2 Å². The highest BCUT2D eigenvalue weighted by Crippen LogP contribution is 2.41. The standard InChI is InChI=1S/C24H25NO6/c1-29-17-10-8-15(9-11-17)22(26)20-21(16-5-3-6-18(13-16)30-2)25(24(28)23(20)27)14-19-7-4-12-31-19/h3,5-6,8-11,13,19,21,26H,4,7,12,14H2,1-2H3/t19-,21+/m0/s1. The number of hydrogen-bond acceptors (Lipinski definition) is 6. The second-order valence-electron chi connectivity index (χ2n) is 7.59. The zero-order chi connectivity index (χ0) is 22.0. The molecule has 2 fully saturated rings. The van der Waals surface area contributed by atoms with Crippen LogP contribution in [0.2, 0.25) is 0 Å². The van der Waals surface area contributed by atoms with Crippen LogP contribution in [-0.2, 0) is 14.3 Å². The van der Waals surface area contributed by atoms with Gasteiger partial charge in [-0.25, -0.2) is 0 Å². The van der Waals surface area contributed by atoms with Crippen LogP contribution in [0.15, 0.2) is 54.1 Å². The van der Waals surface area contributed by atoms with Gasteiger partial charge in [0.05, 0.1) is 31.9 Å². The lowest BCUT2D eigenvalue weighted by molar-refractivity contribution is -0.140. The molecule has 2 aliphatic rings. The van der Waals surface area contributed by atoms with Gasteiger partial charge in [0.15, 0.2) is 0 Å². The summed E-state index contributed by atoms with van der Waals surface area (Å²) in [5.41, 5.74) is 1.18. The molecule has 0 aliphatic carbocycles. The molecule has 0 saturated carbocycles. The maximum atomic E-state index is 13.1. The van der Waals surface area contributed by atoms with Crippen molar-refractivity contribution in [1.82, 2.24) is 4.90 Å². The van der Waals surface area contributed by atoms with E-state index in [1.54, 1.807) is 56.7 Å². The van der Waals surface area contributed by atoms with Gasteiger partial charge in [0, 0.05) is 18.7 Å². The second kappa shape index (κ2) is 8.81. The summed E-state index contributed by atoms with van der Waals surface area (Å²) in [6.45, 7) is 0.927. The summed E-state index contributed by atoms with van der Waals surface area (Å²) in [4.78, 5) is 27.6. The molecule has 1 amide bonds. The Morgan fingerprint density at radius 3 is 2.48 bits per heavy atom. The first-order valence-corrected chi connectivity index (χ1v) is 10.2. The van der Waals surface area contributed by atoms with E-state index >= 15 is 0 Å². The number of Topliss-reactive ketones (excluding diaryl/α,β-unsaturated/α-hetero) is 1. The number of carbonyl (C=O) groups is 2. The minimum Gasteiger partial charge on any atom is -0.507 e. The van der Waals surface area contributed by atoms with Crippen LogP contribution in [0.1, 0.15) is 30.0 Å². The molecule has 0 spiro atoms. The summed E-state index contributed by atoms with van der Waals surface area (Å²) >= 11 is 0. The highest BCUT2D eigenvalue weighted by atomic mass is 16.5. The molecule has 2 aromatic rings. The number of amides is 1. The summed E-state index contributed by atoms with van der Waals surface area (Å²) in [6.07, 6.45) is 1.61. The molecule has 31 heavy (non-hydrogen) atoms. The molecule has 7 nitrogen and oxygen atoms in total. The van der Waals surface area contributed by atoms with E-state index in [0.29, 0.717) is 29.2 Å². The molecule has 0 radical (unpaired) electrons. The van der Waals surface area contributed by atoms with Crippen molar-refractivity contribution in [2.75, 3.05) is 27.4 Å². The average molecular weight is 423 g/mol. The van der Waals surface area contributed by atoms with Crippen LogP contribution in [0.3, 0.4) is 0 Å². The molecule has 2 saturated heterocycles. The SMILES string of the molecule is COc1ccc(C(O)=C2C(=O)C(=O)N(C[C@@H]3CCCO3)[C@@H]2c2cccc(OC)c2)cc1. The normalized spacial score (nSPS) is 22.7. The molecular formula is C24H25NO6. The van der Waals surface area contributed by atoms with Gasteiger partial charge >= 0.3 is 0 Å². The predicted octanol–water partition coefficient (Wildman–Crippen LogP) is 3.30. The lowest BCUT2D eigenvalue weighted by Gasteiger charge is -2.27. The van der Waals surface area contributed by atoms with E-state index in [0.717, 1.165) is 12.8 Å². The van der Waals surface area contributed by atoms with E-state index in [9.17, 15) is 14.7 Å².